The molecule has 0 spiro atoms. The van der Waals surface area contributed by atoms with Crippen LogP contribution in [0.2, 0.25) is 0 Å². The van der Waals surface area contributed by atoms with Gasteiger partial charge in [-0.3, -0.25) is 0 Å². The molecule has 0 saturated carbocycles. The van der Waals surface area contributed by atoms with E-state index in [0.29, 0.717) is 5.56 Å². The fourth-order valence-corrected chi connectivity index (χ4v) is 7.18. The Morgan fingerprint density at radius 3 is 1.57 bits per heavy atom. The lowest BCUT2D eigenvalue weighted by molar-refractivity contribution is -0.671. The molecule has 0 amide bonds. The SMILES string of the molecule is CN1C=CC(=C2C3=NC(=C(c4cccc(C(=[NH2+])O)c4)C4=NC(=C(c5cc[n+](C)cc5)c5ccc([nH]5)C(c5cc[n+](C)cc5)=C5C=CC2=N5)C=C4)C=C3)C=C1. The van der Waals surface area contributed by atoms with Crippen molar-refractivity contribution in [1.82, 2.24) is 9.88 Å². The van der Waals surface area contributed by atoms with Gasteiger partial charge in [-0.25, -0.2) is 29.5 Å². The van der Waals surface area contributed by atoms with Crippen molar-refractivity contribution >= 4 is 39.8 Å². The van der Waals surface area contributed by atoms with Crippen LogP contribution < -0.4 is 14.5 Å². The minimum Gasteiger partial charge on any atom is -0.460 e. The highest BCUT2D eigenvalue weighted by Gasteiger charge is 2.27. The second kappa shape index (κ2) is 13.1. The number of fused-ring (bicyclic) bond motifs is 5. The van der Waals surface area contributed by atoms with Crippen LogP contribution in [0.1, 0.15) is 33.6 Å². The van der Waals surface area contributed by atoms with E-state index in [2.05, 4.69) is 84.2 Å². The zero-order chi connectivity index (χ0) is 36.9. The molecular weight excluding hydrogens is 669 g/mol. The van der Waals surface area contributed by atoms with Crippen LogP contribution in [-0.2, 0) is 14.1 Å². The number of nitrogens with zero attached hydrogens (tertiary/aromatic N) is 6. The average Bonchev–Trinajstić information content (AvgIpc) is 4.02. The van der Waals surface area contributed by atoms with Gasteiger partial charge in [-0.2, -0.15) is 0 Å². The Kier molecular flexibility index (Phi) is 7.89. The van der Waals surface area contributed by atoms with Crippen molar-refractivity contribution in [2.24, 2.45) is 29.1 Å². The van der Waals surface area contributed by atoms with Crippen molar-refractivity contribution in [3.05, 3.63) is 208 Å². The molecule has 9 nitrogen and oxygen atoms in total. The number of allylic oxidation sites excluding steroid dienone is 11. The van der Waals surface area contributed by atoms with Crippen molar-refractivity contribution in [2.75, 3.05) is 7.05 Å². The molecule has 1 aromatic carbocycles. The molecule has 5 aliphatic rings. The van der Waals surface area contributed by atoms with Crippen molar-refractivity contribution < 1.29 is 19.7 Å². The summed E-state index contributed by atoms with van der Waals surface area (Å²) in [6.07, 6.45) is 28.8. The van der Waals surface area contributed by atoms with Gasteiger partial charge in [0.25, 0.3) is 0 Å². The predicted octanol–water partition coefficient (Wildman–Crippen LogP) is 4.97. The number of aliphatic hydroxyl groups is 1. The first-order valence-electron chi connectivity index (χ1n) is 17.7. The van der Waals surface area contributed by atoms with E-state index in [1.165, 1.54) is 0 Å². The highest BCUT2D eigenvalue weighted by atomic mass is 16.3. The molecule has 0 fully saturated rings. The summed E-state index contributed by atoms with van der Waals surface area (Å²) in [5.41, 5.74) is 14.7. The van der Waals surface area contributed by atoms with Crippen LogP contribution in [0.25, 0.3) is 16.7 Å². The number of benzene rings is 1. The molecule has 260 valence electrons. The molecule has 5 aliphatic heterocycles. The Bertz CT molecular complexity index is 2660. The third kappa shape index (κ3) is 5.87. The second-order valence-corrected chi connectivity index (χ2v) is 13.7. The monoisotopic (exact) mass is 705 g/mol. The number of nitrogens with one attached hydrogen (secondary N) is 1. The summed E-state index contributed by atoms with van der Waals surface area (Å²) in [5.74, 6) is -0.250. The fraction of sp³-hybridized carbons (Fsp3) is 0.0667. The molecule has 3 aromatic heterocycles. The molecule has 9 heteroatoms. The lowest BCUT2D eigenvalue weighted by Gasteiger charge is -2.16. The van der Waals surface area contributed by atoms with Crippen LogP contribution in [0, 0.1) is 0 Å². The van der Waals surface area contributed by atoms with Gasteiger partial charge in [0.2, 0.25) is 0 Å². The van der Waals surface area contributed by atoms with E-state index in [4.69, 9.17) is 20.4 Å². The first-order chi connectivity index (χ1) is 26.3. The van der Waals surface area contributed by atoms with Crippen LogP contribution in [0.4, 0.5) is 0 Å². The van der Waals surface area contributed by atoms with E-state index in [1.807, 2.05) is 96.4 Å². The quantitative estimate of drug-likeness (QED) is 0.158. The van der Waals surface area contributed by atoms with Gasteiger partial charge in [-0.1, -0.05) is 12.1 Å². The van der Waals surface area contributed by atoms with Crippen LogP contribution in [0.15, 0.2) is 190 Å². The van der Waals surface area contributed by atoms with E-state index in [9.17, 15) is 5.11 Å². The molecule has 0 aliphatic carbocycles. The summed E-state index contributed by atoms with van der Waals surface area (Å²) in [5, 5.41) is 16.2. The summed E-state index contributed by atoms with van der Waals surface area (Å²) in [7, 11) is 6.03. The maximum Gasteiger partial charge on any atom is 0.364 e. The third-order valence-electron chi connectivity index (χ3n) is 9.93. The number of rotatable bonds is 4. The number of aryl methyl sites for hydroxylation is 2. The Morgan fingerprint density at radius 2 is 1.07 bits per heavy atom. The molecule has 8 heterocycles. The van der Waals surface area contributed by atoms with Gasteiger partial charge < -0.3 is 15.0 Å². The Balaban J connectivity index is 1.37. The van der Waals surface area contributed by atoms with Crippen molar-refractivity contribution in [3.63, 3.8) is 0 Å². The number of aromatic nitrogens is 3. The van der Waals surface area contributed by atoms with E-state index < -0.39 is 0 Å². The van der Waals surface area contributed by atoms with E-state index in [-0.39, 0.29) is 5.90 Å². The highest BCUT2D eigenvalue weighted by Crippen LogP contribution is 2.38. The van der Waals surface area contributed by atoms with Gasteiger partial charge in [-0.15, -0.1) is 0 Å². The molecule has 8 bridgehead atoms. The first-order valence-corrected chi connectivity index (χ1v) is 17.7. The van der Waals surface area contributed by atoms with Crippen molar-refractivity contribution in [1.29, 1.82) is 0 Å². The number of hydrogen-bond donors (Lipinski definition) is 3. The molecule has 0 saturated heterocycles. The van der Waals surface area contributed by atoms with E-state index >= 15 is 0 Å². The van der Waals surface area contributed by atoms with Gasteiger partial charge in [0.15, 0.2) is 24.8 Å². The maximum atomic E-state index is 10.3. The largest absolute Gasteiger partial charge is 0.460 e. The van der Waals surface area contributed by atoms with Crippen molar-refractivity contribution in [2.45, 2.75) is 0 Å². The van der Waals surface area contributed by atoms with Gasteiger partial charge in [0.1, 0.15) is 14.1 Å². The van der Waals surface area contributed by atoms with Gasteiger partial charge >= 0.3 is 5.90 Å². The number of aliphatic imine (C=N–C) groups is 3. The Morgan fingerprint density at radius 1 is 0.593 bits per heavy atom. The average molecular weight is 706 g/mol. The lowest BCUT2D eigenvalue weighted by Crippen LogP contribution is -2.40. The van der Waals surface area contributed by atoms with Crippen LogP contribution >= 0.6 is 0 Å². The van der Waals surface area contributed by atoms with Crippen LogP contribution in [-0.4, -0.2) is 45.1 Å². The minimum atomic E-state index is -0.250. The number of aromatic amines is 1. The number of hydrogen-bond acceptors (Lipinski definition) is 4. The Hall–Kier alpha value is -7.26. The van der Waals surface area contributed by atoms with Crippen LogP contribution in [0.5, 0.6) is 0 Å². The maximum absolute atomic E-state index is 10.3. The number of nitrogens with two attached hydrogens (primary N) is 1. The lowest BCUT2D eigenvalue weighted by atomic mass is 9.97. The molecule has 4 N–H and O–H groups in total. The summed E-state index contributed by atoms with van der Waals surface area (Å²) < 4.78 is 4.05. The Labute approximate surface area is 312 Å². The summed E-state index contributed by atoms with van der Waals surface area (Å²) in [6, 6.07) is 20.2. The van der Waals surface area contributed by atoms with E-state index in [0.717, 1.165) is 90.2 Å². The summed E-state index contributed by atoms with van der Waals surface area (Å²) in [4.78, 5) is 21.8. The fourth-order valence-electron chi connectivity index (χ4n) is 7.18. The number of aliphatic hydroxyl groups excluding tert-OH is 1. The smallest absolute Gasteiger partial charge is 0.364 e. The number of H-pyrrole nitrogens is 1. The zero-order valence-electron chi connectivity index (χ0n) is 30.1. The summed E-state index contributed by atoms with van der Waals surface area (Å²) in [6.45, 7) is 0. The minimum absolute atomic E-state index is 0.250. The van der Waals surface area contributed by atoms with Crippen LogP contribution in [0.3, 0.4) is 0 Å². The third-order valence-corrected chi connectivity index (χ3v) is 9.93. The molecule has 54 heavy (non-hydrogen) atoms. The first kappa shape index (κ1) is 32.6. The predicted molar refractivity (Wildman–Crippen MR) is 213 cm³/mol. The topological polar surface area (TPSA) is 110 Å². The molecule has 4 aromatic rings. The van der Waals surface area contributed by atoms with Gasteiger partial charge in [0.05, 0.1) is 39.8 Å². The second-order valence-electron chi connectivity index (χ2n) is 13.7. The highest BCUT2D eigenvalue weighted by molar-refractivity contribution is 6.36. The summed E-state index contributed by atoms with van der Waals surface area (Å²) >= 11 is 0. The normalized spacial score (nSPS) is 17.3. The molecule has 9 rings (SSSR count). The zero-order valence-corrected chi connectivity index (χ0v) is 30.1. The molecule has 0 atom stereocenters. The molecule has 0 radical (unpaired) electrons. The van der Waals surface area contributed by atoms with Gasteiger partial charge in [0, 0.05) is 77.4 Å². The van der Waals surface area contributed by atoms with Gasteiger partial charge in [-0.05, 0) is 95.1 Å². The standard InChI is InChI=1S/C45H35N8O/c1-51-21-15-28(16-22-51)41-33-7-9-35(47-33)42(29-17-23-52(2)24-18-29)37-11-13-39(49-37)44(31-5-4-6-32(27-31)45(46)54)40-14-12-38(50-40)43(36-10-8-34(41)48-36)30-19-25-53(3)26-20-30/h4-27H,1-3H3,(H2-,46,47,48,49,50,54)/q+1/p+2. The molecular formula is C45H37N8O+3. The number of pyridine rings is 2. The van der Waals surface area contributed by atoms with Crippen molar-refractivity contribution in [3.8, 4) is 0 Å². The molecule has 0 unspecified atom stereocenters. The van der Waals surface area contributed by atoms with E-state index in [1.54, 1.807) is 6.07 Å².